The number of hydrogen-bond donors (Lipinski definition) is 2. The molecule has 2 aromatic rings. The molecule has 1 saturated heterocycles. The van der Waals surface area contributed by atoms with Crippen molar-refractivity contribution in [3.05, 3.63) is 53.4 Å². The minimum Gasteiger partial charge on any atom is -0.337 e. The lowest BCUT2D eigenvalue weighted by Crippen LogP contribution is -2.45. The van der Waals surface area contributed by atoms with Crippen molar-refractivity contribution in [1.29, 1.82) is 0 Å². The first-order valence-electron chi connectivity index (χ1n) is 8.51. The molecular formula is C18H22F2N4O. The molecule has 1 unspecified atom stereocenters. The Morgan fingerprint density at radius 1 is 1.36 bits per heavy atom. The second-order valence-electron chi connectivity index (χ2n) is 6.53. The zero-order valence-electron chi connectivity index (χ0n) is 14.1. The monoisotopic (exact) mass is 348 g/mol. The van der Waals surface area contributed by atoms with Crippen LogP contribution in [0.3, 0.4) is 0 Å². The quantitative estimate of drug-likeness (QED) is 0.890. The number of H-pyrrole nitrogens is 1. The lowest BCUT2D eigenvalue weighted by Gasteiger charge is -2.31. The van der Waals surface area contributed by atoms with Crippen molar-refractivity contribution in [1.82, 2.24) is 20.4 Å². The van der Waals surface area contributed by atoms with Crippen LogP contribution in [0.15, 0.2) is 30.5 Å². The van der Waals surface area contributed by atoms with Gasteiger partial charge in [-0.25, -0.2) is 13.6 Å². The van der Waals surface area contributed by atoms with Crippen LogP contribution in [0.2, 0.25) is 0 Å². The Morgan fingerprint density at radius 2 is 2.12 bits per heavy atom. The summed E-state index contributed by atoms with van der Waals surface area (Å²) in [5.74, 6) is -1.01. The third-order valence-electron chi connectivity index (χ3n) is 4.80. The van der Waals surface area contributed by atoms with Crippen molar-refractivity contribution >= 4 is 6.03 Å². The van der Waals surface area contributed by atoms with Crippen LogP contribution in [0, 0.1) is 11.6 Å². The number of halogens is 2. The Balaban J connectivity index is 1.48. The molecule has 0 radical (unpaired) electrons. The number of nitrogens with one attached hydrogen (secondary N) is 2. The normalized spacial score (nSPS) is 16.7. The van der Waals surface area contributed by atoms with E-state index in [4.69, 9.17) is 0 Å². The third kappa shape index (κ3) is 4.15. The molecule has 5 nitrogen and oxygen atoms in total. The Hall–Kier alpha value is -2.44. The van der Waals surface area contributed by atoms with E-state index in [1.165, 1.54) is 12.1 Å². The van der Waals surface area contributed by atoms with Gasteiger partial charge in [-0.3, -0.25) is 5.10 Å². The van der Waals surface area contributed by atoms with E-state index < -0.39 is 11.6 Å². The number of carbonyl (C=O) groups is 1. The van der Waals surface area contributed by atoms with Crippen LogP contribution in [0.4, 0.5) is 13.6 Å². The number of aromatic amines is 1. The van der Waals surface area contributed by atoms with Gasteiger partial charge in [-0.15, -0.1) is 0 Å². The minimum absolute atomic E-state index is 0.141. The van der Waals surface area contributed by atoms with Crippen LogP contribution in [0.5, 0.6) is 0 Å². The molecule has 1 aliphatic heterocycles. The SMILES string of the molecule is CC(CNC(=O)N1CCC(c2ccn[nH]2)CC1)c1ccc(F)cc1F. The van der Waals surface area contributed by atoms with Gasteiger partial charge in [-0.1, -0.05) is 13.0 Å². The van der Waals surface area contributed by atoms with E-state index >= 15 is 0 Å². The molecule has 2 amide bonds. The van der Waals surface area contributed by atoms with Crippen LogP contribution in [0.1, 0.15) is 42.9 Å². The molecule has 7 heteroatoms. The number of hydrogen-bond acceptors (Lipinski definition) is 2. The maximum atomic E-state index is 13.8. The van der Waals surface area contributed by atoms with E-state index in [1.807, 2.05) is 6.07 Å². The fourth-order valence-electron chi connectivity index (χ4n) is 3.25. The maximum Gasteiger partial charge on any atom is 0.317 e. The van der Waals surface area contributed by atoms with E-state index in [1.54, 1.807) is 18.0 Å². The number of nitrogens with zero attached hydrogens (tertiary/aromatic N) is 2. The van der Waals surface area contributed by atoms with E-state index in [9.17, 15) is 13.6 Å². The van der Waals surface area contributed by atoms with Crippen LogP contribution in [-0.2, 0) is 0 Å². The van der Waals surface area contributed by atoms with Gasteiger partial charge in [-0.2, -0.15) is 5.10 Å². The summed E-state index contributed by atoms with van der Waals surface area (Å²) in [5.41, 5.74) is 1.51. The topological polar surface area (TPSA) is 61.0 Å². The summed E-state index contributed by atoms with van der Waals surface area (Å²) >= 11 is 0. The molecular weight excluding hydrogens is 326 g/mol. The van der Waals surface area contributed by atoms with Gasteiger partial charge < -0.3 is 10.2 Å². The first-order valence-corrected chi connectivity index (χ1v) is 8.51. The van der Waals surface area contributed by atoms with Gasteiger partial charge in [0.25, 0.3) is 0 Å². The Kier molecular flexibility index (Phi) is 5.31. The highest BCUT2D eigenvalue weighted by molar-refractivity contribution is 5.74. The highest BCUT2D eigenvalue weighted by Crippen LogP contribution is 2.26. The molecule has 2 N–H and O–H groups in total. The number of benzene rings is 1. The highest BCUT2D eigenvalue weighted by atomic mass is 19.1. The summed E-state index contributed by atoms with van der Waals surface area (Å²) in [6.07, 6.45) is 3.51. The standard InChI is InChI=1S/C18H22F2N4O/c1-12(15-3-2-14(19)10-16(15)20)11-21-18(25)24-8-5-13(6-9-24)17-4-7-22-23-17/h2-4,7,10,12-13H,5-6,8-9,11H2,1H3,(H,21,25)(H,22,23). The number of aromatic nitrogens is 2. The van der Waals surface area contributed by atoms with Crippen molar-refractivity contribution in [3.8, 4) is 0 Å². The summed E-state index contributed by atoms with van der Waals surface area (Å²) in [6, 6.07) is 5.36. The zero-order valence-corrected chi connectivity index (χ0v) is 14.1. The molecule has 0 saturated carbocycles. The molecule has 1 aromatic carbocycles. The van der Waals surface area contributed by atoms with Gasteiger partial charge in [0.2, 0.25) is 0 Å². The van der Waals surface area contributed by atoms with Gasteiger partial charge in [0, 0.05) is 49.4 Å². The summed E-state index contributed by atoms with van der Waals surface area (Å²) in [4.78, 5) is 14.1. The van der Waals surface area contributed by atoms with Crippen LogP contribution < -0.4 is 5.32 Å². The van der Waals surface area contributed by atoms with E-state index in [-0.39, 0.29) is 11.9 Å². The molecule has 1 atom stereocenters. The predicted molar refractivity (Wildman–Crippen MR) is 90.3 cm³/mol. The smallest absolute Gasteiger partial charge is 0.317 e. The largest absolute Gasteiger partial charge is 0.337 e. The minimum atomic E-state index is -0.599. The summed E-state index contributed by atoms with van der Waals surface area (Å²) < 4.78 is 26.8. The molecule has 2 heterocycles. The van der Waals surface area contributed by atoms with E-state index in [2.05, 4.69) is 15.5 Å². The molecule has 0 aliphatic carbocycles. The molecule has 25 heavy (non-hydrogen) atoms. The summed E-state index contributed by atoms with van der Waals surface area (Å²) in [5, 5.41) is 9.81. The number of carbonyl (C=O) groups excluding carboxylic acids is 1. The molecule has 0 bridgehead atoms. The van der Waals surface area contributed by atoms with Gasteiger partial charge in [0.05, 0.1) is 0 Å². The number of amides is 2. The number of likely N-dealkylation sites (tertiary alicyclic amines) is 1. The molecule has 1 fully saturated rings. The van der Waals surface area contributed by atoms with Crippen LogP contribution >= 0.6 is 0 Å². The van der Waals surface area contributed by atoms with Crippen molar-refractivity contribution in [3.63, 3.8) is 0 Å². The van der Waals surface area contributed by atoms with Crippen LogP contribution in [0.25, 0.3) is 0 Å². The first-order chi connectivity index (χ1) is 12.0. The number of urea groups is 1. The molecule has 3 rings (SSSR count). The number of piperidine rings is 1. The first kappa shape index (κ1) is 17.4. The van der Waals surface area contributed by atoms with E-state index in [0.29, 0.717) is 31.1 Å². The van der Waals surface area contributed by atoms with Crippen molar-refractivity contribution in [2.24, 2.45) is 0 Å². The summed E-state index contributed by atoms with van der Waals surface area (Å²) in [6.45, 7) is 3.46. The number of rotatable bonds is 4. The zero-order chi connectivity index (χ0) is 17.8. The lowest BCUT2D eigenvalue weighted by atomic mass is 9.94. The Bertz CT molecular complexity index is 712. The Morgan fingerprint density at radius 3 is 2.76 bits per heavy atom. The summed E-state index contributed by atoms with van der Waals surface area (Å²) in [7, 11) is 0. The fraction of sp³-hybridized carbons (Fsp3) is 0.444. The van der Waals surface area contributed by atoms with Crippen LogP contribution in [-0.4, -0.2) is 40.8 Å². The van der Waals surface area contributed by atoms with Crippen molar-refractivity contribution < 1.29 is 13.6 Å². The van der Waals surface area contributed by atoms with Crippen molar-refractivity contribution in [2.45, 2.75) is 31.6 Å². The van der Waals surface area contributed by atoms with Gasteiger partial charge in [-0.05, 0) is 30.5 Å². The fourth-order valence-corrected chi connectivity index (χ4v) is 3.25. The molecule has 1 aromatic heterocycles. The third-order valence-corrected chi connectivity index (χ3v) is 4.80. The highest BCUT2D eigenvalue weighted by Gasteiger charge is 2.24. The molecule has 134 valence electrons. The Labute approximate surface area is 145 Å². The van der Waals surface area contributed by atoms with Gasteiger partial charge >= 0.3 is 6.03 Å². The second kappa shape index (κ2) is 7.63. The second-order valence-corrected chi connectivity index (χ2v) is 6.53. The van der Waals surface area contributed by atoms with Gasteiger partial charge in [0.1, 0.15) is 11.6 Å². The van der Waals surface area contributed by atoms with Crippen molar-refractivity contribution in [2.75, 3.05) is 19.6 Å². The average molecular weight is 348 g/mol. The van der Waals surface area contributed by atoms with E-state index in [0.717, 1.165) is 24.6 Å². The molecule has 0 spiro atoms. The average Bonchev–Trinajstić information content (AvgIpc) is 3.14. The molecule has 1 aliphatic rings. The predicted octanol–water partition coefficient (Wildman–Crippen LogP) is 3.38. The lowest BCUT2D eigenvalue weighted by molar-refractivity contribution is 0.180. The van der Waals surface area contributed by atoms with Gasteiger partial charge in [0.15, 0.2) is 0 Å². The maximum absolute atomic E-state index is 13.8.